The zero-order chi connectivity index (χ0) is 21.1. The molecule has 0 bridgehead atoms. The quantitative estimate of drug-likeness (QED) is 0.459. The highest BCUT2D eigenvalue weighted by atomic mass is 16.5. The first-order valence-corrected chi connectivity index (χ1v) is 9.82. The molecule has 0 aromatic heterocycles. The number of aliphatic hydroxyl groups excluding tert-OH is 1. The number of methoxy groups -OCH3 is 1. The Labute approximate surface area is 171 Å². The number of rotatable bonds is 6. The average Bonchev–Trinajstić information content (AvgIpc) is 2.98. The topological polar surface area (TPSA) is 66.8 Å². The fourth-order valence-electron chi connectivity index (χ4n) is 3.72. The molecule has 152 valence electrons. The fraction of sp³-hybridized carbons (Fsp3) is 0.333. The van der Waals surface area contributed by atoms with Gasteiger partial charge in [-0.1, -0.05) is 48.9 Å². The van der Waals surface area contributed by atoms with E-state index in [1.54, 1.807) is 7.11 Å². The minimum Gasteiger partial charge on any atom is -0.507 e. The molecule has 2 aromatic carbocycles. The van der Waals surface area contributed by atoms with Crippen molar-refractivity contribution in [1.29, 1.82) is 0 Å². The minimum absolute atomic E-state index is 0.129. The van der Waals surface area contributed by atoms with Crippen LogP contribution in [-0.4, -0.2) is 42.0 Å². The molecule has 1 aliphatic heterocycles. The minimum atomic E-state index is -0.663. The number of aryl methyl sites for hydroxylation is 3. The number of ether oxygens (including phenoxy) is 1. The van der Waals surface area contributed by atoms with E-state index in [4.69, 9.17) is 4.74 Å². The number of Topliss-reactive ketones (excluding diaryl/α,β-unsaturated/α-hetero) is 1. The molecule has 1 atom stereocenters. The molecule has 3 rings (SSSR count). The third-order valence-electron chi connectivity index (χ3n) is 5.43. The molecule has 1 N–H and O–H groups in total. The molecule has 5 nitrogen and oxygen atoms in total. The van der Waals surface area contributed by atoms with Crippen molar-refractivity contribution in [1.82, 2.24) is 4.90 Å². The number of carbonyl (C=O) groups excluding carboxylic acids is 2. The number of hydrogen-bond donors (Lipinski definition) is 1. The van der Waals surface area contributed by atoms with E-state index < -0.39 is 17.7 Å². The van der Waals surface area contributed by atoms with Crippen molar-refractivity contribution in [2.24, 2.45) is 0 Å². The Kier molecular flexibility index (Phi) is 6.18. The molecule has 0 spiro atoms. The summed E-state index contributed by atoms with van der Waals surface area (Å²) in [7, 11) is 1.55. The summed E-state index contributed by atoms with van der Waals surface area (Å²) in [6.45, 7) is 6.44. The third-order valence-corrected chi connectivity index (χ3v) is 5.43. The van der Waals surface area contributed by atoms with Crippen LogP contribution in [0.4, 0.5) is 0 Å². The second-order valence-corrected chi connectivity index (χ2v) is 7.40. The highest BCUT2D eigenvalue weighted by Crippen LogP contribution is 2.39. The van der Waals surface area contributed by atoms with Gasteiger partial charge in [-0.3, -0.25) is 9.59 Å². The van der Waals surface area contributed by atoms with Crippen molar-refractivity contribution in [2.45, 2.75) is 33.2 Å². The largest absolute Gasteiger partial charge is 0.507 e. The summed E-state index contributed by atoms with van der Waals surface area (Å²) in [5, 5.41) is 11.1. The van der Waals surface area contributed by atoms with Crippen LogP contribution in [0, 0.1) is 13.8 Å². The van der Waals surface area contributed by atoms with E-state index in [-0.39, 0.29) is 17.9 Å². The number of amides is 1. The SMILES string of the molecule is CCc1ccc(C2C(=C(O)c3cc(C)ccc3C)C(=O)C(=O)N2CCOC)cc1. The van der Waals surface area contributed by atoms with Gasteiger partial charge in [0.2, 0.25) is 0 Å². The fourth-order valence-corrected chi connectivity index (χ4v) is 3.72. The number of ketones is 1. The van der Waals surface area contributed by atoms with Gasteiger partial charge in [-0.05, 0) is 43.0 Å². The van der Waals surface area contributed by atoms with E-state index in [0.717, 1.165) is 28.7 Å². The van der Waals surface area contributed by atoms with Crippen LogP contribution in [-0.2, 0) is 20.7 Å². The highest BCUT2D eigenvalue weighted by Gasteiger charge is 2.45. The van der Waals surface area contributed by atoms with Gasteiger partial charge in [0.05, 0.1) is 18.2 Å². The molecule has 2 aromatic rings. The van der Waals surface area contributed by atoms with Gasteiger partial charge in [-0.15, -0.1) is 0 Å². The molecule has 1 heterocycles. The van der Waals surface area contributed by atoms with E-state index in [9.17, 15) is 14.7 Å². The number of likely N-dealkylation sites (tertiary alicyclic amines) is 1. The summed E-state index contributed by atoms with van der Waals surface area (Å²) in [6, 6.07) is 12.9. The number of nitrogens with zero attached hydrogens (tertiary/aromatic N) is 1. The van der Waals surface area contributed by atoms with Crippen LogP contribution < -0.4 is 0 Å². The predicted molar refractivity (Wildman–Crippen MR) is 113 cm³/mol. The first kappa shape index (κ1) is 20.8. The molecule has 1 aliphatic rings. The lowest BCUT2D eigenvalue weighted by atomic mass is 9.92. The summed E-state index contributed by atoms with van der Waals surface area (Å²) in [5.41, 5.74) is 4.47. The Bertz CT molecular complexity index is 959. The maximum absolute atomic E-state index is 12.9. The van der Waals surface area contributed by atoms with Crippen LogP contribution in [0.25, 0.3) is 5.76 Å². The smallest absolute Gasteiger partial charge is 0.295 e. The van der Waals surface area contributed by atoms with E-state index in [1.807, 2.05) is 56.3 Å². The number of hydrogen-bond acceptors (Lipinski definition) is 4. The second-order valence-electron chi connectivity index (χ2n) is 7.40. The lowest BCUT2D eigenvalue weighted by Crippen LogP contribution is -2.32. The van der Waals surface area contributed by atoms with E-state index >= 15 is 0 Å². The molecule has 0 saturated carbocycles. The van der Waals surface area contributed by atoms with Crippen molar-refractivity contribution in [2.75, 3.05) is 20.3 Å². The Morgan fingerprint density at radius 3 is 2.41 bits per heavy atom. The normalized spacial score (nSPS) is 18.5. The van der Waals surface area contributed by atoms with Crippen molar-refractivity contribution < 1.29 is 19.4 Å². The zero-order valence-corrected chi connectivity index (χ0v) is 17.4. The molecular weight excluding hydrogens is 366 g/mol. The Morgan fingerprint density at radius 1 is 1.10 bits per heavy atom. The molecule has 1 fully saturated rings. The molecule has 1 amide bonds. The van der Waals surface area contributed by atoms with Crippen molar-refractivity contribution in [3.63, 3.8) is 0 Å². The monoisotopic (exact) mass is 393 g/mol. The Hall–Kier alpha value is -2.92. The molecule has 0 radical (unpaired) electrons. The summed E-state index contributed by atoms with van der Waals surface area (Å²) in [6.07, 6.45) is 0.895. The van der Waals surface area contributed by atoms with Gasteiger partial charge in [0.25, 0.3) is 11.7 Å². The first-order valence-electron chi connectivity index (χ1n) is 9.82. The second kappa shape index (κ2) is 8.62. The van der Waals surface area contributed by atoms with Gasteiger partial charge < -0.3 is 14.7 Å². The van der Waals surface area contributed by atoms with Crippen molar-refractivity contribution >= 4 is 17.4 Å². The van der Waals surface area contributed by atoms with E-state index in [0.29, 0.717) is 12.2 Å². The zero-order valence-electron chi connectivity index (χ0n) is 17.4. The van der Waals surface area contributed by atoms with Crippen LogP contribution in [0.15, 0.2) is 48.0 Å². The van der Waals surface area contributed by atoms with Crippen molar-refractivity contribution in [3.05, 3.63) is 75.9 Å². The van der Waals surface area contributed by atoms with Crippen LogP contribution in [0.1, 0.15) is 40.8 Å². The van der Waals surface area contributed by atoms with Gasteiger partial charge in [0.1, 0.15) is 5.76 Å². The van der Waals surface area contributed by atoms with Gasteiger partial charge in [-0.2, -0.15) is 0 Å². The van der Waals surface area contributed by atoms with Gasteiger partial charge in [0, 0.05) is 19.2 Å². The van der Waals surface area contributed by atoms with Crippen molar-refractivity contribution in [3.8, 4) is 0 Å². The Balaban J connectivity index is 2.19. The first-order chi connectivity index (χ1) is 13.9. The maximum Gasteiger partial charge on any atom is 0.295 e. The lowest BCUT2D eigenvalue weighted by Gasteiger charge is -2.25. The Morgan fingerprint density at radius 2 is 1.79 bits per heavy atom. The molecule has 1 saturated heterocycles. The van der Waals surface area contributed by atoms with E-state index in [1.165, 1.54) is 4.90 Å². The van der Waals surface area contributed by atoms with Gasteiger partial charge in [-0.25, -0.2) is 0 Å². The van der Waals surface area contributed by atoms with Crippen LogP contribution in [0.5, 0.6) is 0 Å². The molecular formula is C24H27NO4. The van der Waals surface area contributed by atoms with Crippen LogP contribution in [0.3, 0.4) is 0 Å². The maximum atomic E-state index is 12.9. The number of carbonyl (C=O) groups is 2. The van der Waals surface area contributed by atoms with Crippen LogP contribution >= 0.6 is 0 Å². The summed E-state index contributed by atoms with van der Waals surface area (Å²) in [4.78, 5) is 27.2. The highest BCUT2D eigenvalue weighted by molar-refractivity contribution is 6.46. The molecule has 5 heteroatoms. The van der Waals surface area contributed by atoms with E-state index in [2.05, 4.69) is 6.92 Å². The summed E-state index contributed by atoms with van der Waals surface area (Å²) >= 11 is 0. The van der Waals surface area contributed by atoms with Gasteiger partial charge in [0.15, 0.2) is 0 Å². The molecule has 29 heavy (non-hydrogen) atoms. The average molecular weight is 393 g/mol. The summed E-state index contributed by atoms with van der Waals surface area (Å²) < 4.78 is 5.14. The van der Waals surface area contributed by atoms with Crippen LogP contribution in [0.2, 0.25) is 0 Å². The number of benzene rings is 2. The summed E-state index contributed by atoms with van der Waals surface area (Å²) in [5.74, 6) is -1.41. The standard InChI is InChI=1S/C24H27NO4/c1-5-17-8-10-18(11-9-17)21-20(23(27)24(28)25(21)12-13-29-4)22(26)19-14-15(2)6-7-16(19)3/h6-11,14,21,26H,5,12-13H2,1-4H3. The number of aliphatic hydroxyl groups is 1. The molecule has 1 unspecified atom stereocenters. The predicted octanol–water partition coefficient (Wildman–Crippen LogP) is 3.93. The third kappa shape index (κ3) is 3.96. The lowest BCUT2D eigenvalue weighted by molar-refractivity contribution is -0.140. The molecule has 0 aliphatic carbocycles. The van der Waals surface area contributed by atoms with Gasteiger partial charge >= 0.3 is 0 Å².